The number of piperidine rings is 1. The van der Waals surface area contributed by atoms with Gasteiger partial charge >= 0.3 is 0 Å². The van der Waals surface area contributed by atoms with Crippen molar-refractivity contribution in [3.05, 3.63) is 59.2 Å². The van der Waals surface area contributed by atoms with Gasteiger partial charge in [-0.2, -0.15) is 0 Å². The Morgan fingerprint density at radius 3 is 2.41 bits per heavy atom. The van der Waals surface area contributed by atoms with Gasteiger partial charge in [0, 0.05) is 24.8 Å². The van der Waals surface area contributed by atoms with E-state index >= 15 is 0 Å². The second kappa shape index (κ2) is 8.05. The standard InChI is InChI=1S/C21H25F2N3O/c1-14-4-6-18(22)17(12-14)21(27)24-15-5-7-20(19(23)13-15)26-10-8-16(9-11-26)25(2)3/h4-7,12-13,16H,8-11H2,1-3H3,(H,24,27). The predicted octanol–water partition coefficient (Wildman–Crippen LogP) is 4.06. The Labute approximate surface area is 158 Å². The second-order valence-electron chi connectivity index (χ2n) is 7.29. The maximum Gasteiger partial charge on any atom is 0.258 e. The molecule has 0 aromatic heterocycles. The summed E-state index contributed by atoms with van der Waals surface area (Å²) in [6, 6.07) is 9.47. The number of nitrogens with one attached hydrogen (secondary N) is 1. The van der Waals surface area contributed by atoms with Crippen molar-refractivity contribution < 1.29 is 13.6 Å². The first-order valence-corrected chi connectivity index (χ1v) is 9.13. The zero-order valence-electron chi connectivity index (χ0n) is 15.9. The SMILES string of the molecule is Cc1ccc(F)c(C(=O)Nc2ccc(N3CCC(N(C)C)CC3)c(F)c2)c1. The van der Waals surface area contributed by atoms with Crippen LogP contribution in [-0.4, -0.2) is 44.0 Å². The van der Waals surface area contributed by atoms with Crippen LogP contribution in [0, 0.1) is 18.6 Å². The molecule has 3 rings (SSSR count). The molecule has 0 aliphatic carbocycles. The van der Waals surface area contributed by atoms with Gasteiger partial charge in [-0.3, -0.25) is 4.79 Å². The lowest BCUT2D eigenvalue weighted by Gasteiger charge is -2.36. The zero-order valence-corrected chi connectivity index (χ0v) is 15.9. The van der Waals surface area contributed by atoms with Gasteiger partial charge < -0.3 is 15.1 Å². The van der Waals surface area contributed by atoms with Crippen LogP contribution < -0.4 is 10.2 Å². The van der Waals surface area contributed by atoms with E-state index in [4.69, 9.17) is 0 Å². The highest BCUT2D eigenvalue weighted by Gasteiger charge is 2.22. The lowest BCUT2D eigenvalue weighted by atomic mass is 10.0. The Morgan fingerprint density at radius 1 is 1.07 bits per heavy atom. The summed E-state index contributed by atoms with van der Waals surface area (Å²) in [6.07, 6.45) is 1.97. The summed E-state index contributed by atoms with van der Waals surface area (Å²) in [4.78, 5) is 16.5. The topological polar surface area (TPSA) is 35.6 Å². The monoisotopic (exact) mass is 373 g/mol. The number of hydrogen-bond donors (Lipinski definition) is 1. The average molecular weight is 373 g/mol. The van der Waals surface area contributed by atoms with E-state index in [1.54, 1.807) is 25.1 Å². The molecule has 2 aromatic rings. The van der Waals surface area contributed by atoms with E-state index in [9.17, 15) is 13.6 Å². The van der Waals surface area contributed by atoms with Crippen LogP contribution in [0.2, 0.25) is 0 Å². The number of hydrogen-bond acceptors (Lipinski definition) is 3. The fourth-order valence-corrected chi connectivity index (χ4v) is 3.48. The molecule has 4 nitrogen and oxygen atoms in total. The number of benzene rings is 2. The van der Waals surface area contributed by atoms with Gasteiger partial charge in [-0.15, -0.1) is 0 Å². The molecule has 1 amide bonds. The first-order chi connectivity index (χ1) is 12.8. The number of nitrogens with zero attached hydrogens (tertiary/aromatic N) is 2. The first-order valence-electron chi connectivity index (χ1n) is 9.13. The summed E-state index contributed by atoms with van der Waals surface area (Å²) in [5.74, 6) is -1.57. The molecule has 0 spiro atoms. The number of halogens is 2. The summed E-state index contributed by atoms with van der Waals surface area (Å²) in [6.45, 7) is 3.37. The van der Waals surface area contributed by atoms with E-state index in [-0.39, 0.29) is 11.4 Å². The number of amides is 1. The van der Waals surface area contributed by atoms with E-state index in [0.29, 0.717) is 17.4 Å². The lowest BCUT2D eigenvalue weighted by Crippen LogP contribution is -2.42. The van der Waals surface area contributed by atoms with Gasteiger partial charge in [-0.1, -0.05) is 11.6 Å². The van der Waals surface area contributed by atoms with Gasteiger partial charge in [0.1, 0.15) is 11.6 Å². The fraction of sp³-hybridized carbons (Fsp3) is 0.381. The minimum absolute atomic E-state index is 0.0507. The predicted molar refractivity (Wildman–Crippen MR) is 104 cm³/mol. The van der Waals surface area contributed by atoms with E-state index in [1.807, 2.05) is 4.90 Å². The number of aryl methyl sites for hydroxylation is 1. The molecule has 27 heavy (non-hydrogen) atoms. The van der Waals surface area contributed by atoms with Gasteiger partial charge in [0.05, 0.1) is 11.3 Å². The molecule has 1 heterocycles. The molecule has 1 fully saturated rings. The van der Waals surface area contributed by atoms with Crippen LogP contribution >= 0.6 is 0 Å². The van der Waals surface area contributed by atoms with Crippen molar-refractivity contribution in [1.82, 2.24) is 4.90 Å². The molecule has 0 unspecified atom stereocenters. The van der Waals surface area contributed by atoms with Gasteiger partial charge in [-0.25, -0.2) is 8.78 Å². The Balaban J connectivity index is 1.70. The van der Waals surface area contributed by atoms with Crippen LogP contribution in [-0.2, 0) is 0 Å². The van der Waals surface area contributed by atoms with E-state index in [1.165, 1.54) is 18.2 Å². The molecule has 1 aliphatic heterocycles. The highest BCUT2D eigenvalue weighted by molar-refractivity contribution is 6.04. The molecule has 0 radical (unpaired) electrons. The highest BCUT2D eigenvalue weighted by Crippen LogP contribution is 2.27. The van der Waals surface area contributed by atoms with E-state index in [0.717, 1.165) is 31.5 Å². The molecule has 2 aromatic carbocycles. The maximum absolute atomic E-state index is 14.6. The number of carbonyl (C=O) groups excluding carboxylic acids is 1. The summed E-state index contributed by atoms with van der Waals surface area (Å²) in [5, 5.41) is 2.58. The molecular formula is C21H25F2N3O. The summed E-state index contributed by atoms with van der Waals surface area (Å²) >= 11 is 0. The minimum Gasteiger partial charge on any atom is -0.369 e. The van der Waals surface area contributed by atoms with Crippen LogP contribution in [0.4, 0.5) is 20.2 Å². The van der Waals surface area contributed by atoms with Crippen LogP contribution in [0.15, 0.2) is 36.4 Å². The second-order valence-corrected chi connectivity index (χ2v) is 7.29. The van der Waals surface area contributed by atoms with Crippen molar-refractivity contribution in [2.45, 2.75) is 25.8 Å². The van der Waals surface area contributed by atoms with Gasteiger partial charge in [0.15, 0.2) is 0 Å². The molecule has 1 aliphatic rings. The van der Waals surface area contributed by atoms with Gasteiger partial charge in [0.25, 0.3) is 5.91 Å². The maximum atomic E-state index is 14.6. The number of carbonyl (C=O) groups is 1. The van der Waals surface area contributed by atoms with Gasteiger partial charge in [-0.05, 0) is 64.2 Å². The third kappa shape index (κ3) is 4.45. The van der Waals surface area contributed by atoms with Crippen LogP contribution in [0.3, 0.4) is 0 Å². The zero-order chi connectivity index (χ0) is 19.6. The summed E-state index contributed by atoms with van der Waals surface area (Å²) < 4.78 is 28.5. The quantitative estimate of drug-likeness (QED) is 0.878. The molecule has 0 saturated carbocycles. The molecule has 144 valence electrons. The minimum atomic E-state index is -0.598. The number of rotatable bonds is 4. The van der Waals surface area contributed by atoms with Gasteiger partial charge in [0.2, 0.25) is 0 Å². The van der Waals surface area contributed by atoms with Crippen molar-refractivity contribution in [2.75, 3.05) is 37.4 Å². The van der Waals surface area contributed by atoms with E-state index in [2.05, 4.69) is 24.3 Å². The van der Waals surface area contributed by atoms with Crippen LogP contribution in [0.5, 0.6) is 0 Å². The van der Waals surface area contributed by atoms with Crippen molar-refractivity contribution in [3.63, 3.8) is 0 Å². The molecule has 1 saturated heterocycles. The third-order valence-corrected chi connectivity index (χ3v) is 5.11. The van der Waals surface area contributed by atoms with Crippen molar-refractivity contribution in [1.29, 1.82) is 0 Å². The highest BCUT2D eigenvalue weighted by atomic mass is 19.1. The Bertz CT molecular complexity index is 830. The van der Waals surface area contributed by atoms with Crippen LogP contribution in [0.25, 0.3) is 0 Å². The van der Waals surface area contributed by atoms with E-state index < -0.39 is 11.7 Å². The molecule has 0 atom stereocenters. The van der Waals surface area contributed by atoms with Crippen molar-refractivity contribution >= 4 is 17.3 Å². The largest absolute Gasteiger partial charge is 0.369 e. The Hall–Kier alpha value is -2.47. The molecule has 0 bridgehead atoms. The lowest BCUT2D eigenvalue weighted by molar-refractivity contribution is 0.102. The molecule has 6 heteroatoms. The summed E-state index contributed by atoms with van der Waals surface area (Å²) in [7, 11) is 4.13. The average Bonchev–Trinajstić information content (AvgIpc) is 2.64. The molecule has 1 N–H and O–H groups in total. The van der Waals surface area contributed by atoms with Crippen molar-refractivity contribution in [2.24, 2.45) is 0 Å². The molecular weight excluding hydrogens is 348 g/mol. The summed E-state index contributed by atoms with van der Waals surface area (Å²) in [5.41, 5.74) is 1.58. The Kier molecular flexibility index (Phi) is 5.75. The first kappa shape index (κ1) is 19.3. The third-order valence-electron chi connectivity index (χ3n) is 5.11. The smallest absolute Gasteiger partial charge is 0.258 e. The Morgan fingerprint density at radius 2 is 1.78 bits per heavy atom. The fourth-order valence-electron chi connectivity index (χ4n) is 3.48. The van der Waals surface area contributed by atoms with Crippen LogP contribution in [0.1, 0.15) is 28.8 Å². The normalized spacial score (nSPS) is 15.3. The number of anilines is 2. The van der Waals surface area contributed by atoms with Crippen molar-refractivity contribution in [3.8, 4) is 0 Å².